The van der Waals surface area contributed by atoms with Crippen molar-refractivity contribution in [2.45, 2.75) is 32.1 Å². The third-order valence-corrected chi connectivity index (χ3v) is 4.11. The molecule has 4 nitrogen and oxygen atoms in total. The van der Waals surface area contributed by atoms with E-state index < -0.39 is 29.2 Å². The van der Waals surface area contributed by atoms with Crippen molar-refractivity contribution in [1.82, 2.24) is 4.98 Å². The average molecular weight is 370 g/mol. The molecule has 0 radical (unpaired) electrons. The van der Waals surface area contributed by atoms with Crippen LogP contribution in [0, 0.1) is 23.5 Å². The molecule has 140 valence electrons. The molecule has 2 aromatic rings. The van der Waals surface area contributed by atoms with Gasteiger partial charge in [0.1, 0.15) is 5.69 Å². The molecule has 0 atom stereocenters. The summed E-state index contributed by atoms with van der Waals surface area (Å²) in [6.45, 7) is 1.76. The number of nitrogens with one attached hydrogen (secondary N) is 1. The smallest absolute Gasteiger partial charge is 0.253 e. The van der Waals surface area contributed by atoms with Crippen LogP contribution < -0.4 is 5.32 Å². The Labute approximate surface area is 148 Å². The molecule has 0 amide bonds. The molecule has 3 rings (SSSR count). The van der Waals surface area contributed by atoms with Gasteiger partial charge < -0.3 is 14.8 Å². The van der Waals surface area contributed by atoms with Gasteiger partial charge in [-0.3, -0.25) is 0 Å². The molecule has 1 fully saturated rings. The summed E-state index contributed by atoms with van der Waals surface area (Å²) in [4.78, 5) is 2.52. The van der Waals surface area contributed by atoms with Crippen LogP contribution in [0.15, 0.2) is 24.3 Å². The maximum Gasteiger partial charge on any atom is 0.253 e. The van der Waals surface area contributed by atoms with Gasteiger partial charge in [-0.1, -0.05) is 24.3 Å². The van der Waals surface area contributed by atoms with E-state index in [-0.39, 0.29) is 12.6 Å². The molecule has 0 bridgehead atoms. The fourth-order valence-corrected chi connectivity index (χ4v) is 2.72. The molecule has 1 aromatic carbocycles. The summed E-state index contributed by atoms with van der Waals surface area (Å²) in [5, 5.41) is 2.38. The summed E-state index contributed by atoms with van der Waals surface area (Å²) in [6, 6.07) is 7.18. The lowest BCUT2D eigenvalue weighted by Gasteiger charge is -2.22. The Hall–Kier alpha value is -2.19. The Morgan fingerprint density at radius 1 is 1.04 bits per heavy atom. The standard InChI is InChI=1S/C18H18F4N2O2/c19-14-16(15(20)18(22)24-17(14)21)23-9-11-2-1-3-12(8-11)10-26-13-4-6-25-7-5-13/h1-3,8,13H,4-7,9-10H2,(H,23,24). The largest absolute Gasteiger partial charge is 0.381 e. The van der Waals surface area contributed by atoms with Gasteiger partial charge >= 0.3 is 0 Å². The van der Waals surface area contributed by atoms with Crippen molar-refractivity contribution in [1.29, 1.82) is 0 Å². The Morgan fingerprint density at radius 2 is 1.69 bits per heavy atom. The van der Waals surface area contributed by atoms with Crippen LogP contribution in [0.2, 0.25) is 0 Å². The predicted octanol–water partition coefficient (Wildman–Crippen LogP) is 3.95. The molecule has 1 aliphatic heterocycles. The van der Waals surface area contributed by atoms with Crippen molar-refractivity contribution in [3.8, 4) is 0 Å². The number of rotatable bonds is 6. The first-order chi connectivity index (χ1) is 12.5. The number of ether oxygens (including phenoxy) is 2. The second-order valence-electron chi connectivity index (χ2n) is 5.99. The maximum atomic E-state index is 13.6. The molecule has 0 aliphatic carbocycles. The van der Waals surface area contributed by atoms with Crippen LogP contribution in [0.1, 0.15) is 24.0 Å². The second kappa shape index (κ2) is 8.46. The first-order valence-corrected chi connectivity index (χ1v) is 8.25. The van der Waals surface area contributed by atoms with Crippen molar-refractivity contribution in [2.24, 2.45) is 0 Å². The number of pyridine rings is 1. The Balaban J connectivity index is 1.62. The molecular formula is C18H18F4N2O2. The number of anilines is 1. The second-order valence-corrected chi connectivity index (χ2v) is 5.99. The average Bonchev–Trinajstić information content (AvgIpc) is 2.66. The maximum absolute atomic E-state index is 13.6. The molecule has 1 aromatic heterocycles. The number of hydrogen-bond acceptors (Lipinski definition) is 4. The molecule has 0 saturated carbocycles. The van der Waals surface area contributed by atoms with Crippen molar-refractivity contribution in [2.75, 3.05) is 18.5 Å². The number of aromatic nitrogens is 1. The van der Waals surface area contributed by atoms with Crippen LogP contribution in [-0.4, -0.2) is 24.3 Å². The molecule has 1 N–H and O–H groups in total. The summed E-state index contributed by atoms with van der Waals surface area (Å²) in [5.74, 6) is -6.49. The summed E-state index contributed by atoms with van der Waals surface area (Å²) >= 11 is 0. The van der Waals surface area contributed by atoms with E-state index in [1.165, 1.54) is 0 Å². The van der Waals surface area contributed by atoms with E-state index in [4.69, 9.17) is 9.47 Å². The normalized spacial score (nSPS) is 15.2. The molecule has 0 spiro atoms. The third-order valence-electron chi connectivity index (χ3n) is 4.11. The topological polar surface area (TPSA) is 43.4 Å². The lowest BCUT2D eigenvalue weighted by Crippen LogP contribution is -2.23. The Kier molecular flexibility index (Phi) is 6.05. The highest BCUT2D eigenvalue weighted by atomic mass is 19.2. The van der Waals surface area contributed by atoms with Crippen LogP contribution in [0.25, 0.3) is 0 Å². The monoisotopic (exact) mass is 370 g/mol. The molecular weight excluding hydrogens is 352 g/mol. The molecule has 26 heavy (non-hydrogen) atoms. The minimum Gasteiger partial charge on any atom is -0.381 e. The highest BCUT2D eigenvalue weighted by Crippen LogP contribution is 2.23. The first kappa shape index (κ1) is 18.6. The van der Waals surface area contributed by atoms with Crippen LogP contribution in [0.3, 0.4) is 0 Å². The number of hydrogen-bond donors (Lipinski definition) is 1. The third kappa shape index (κ3) is 4.50. The fraction of sp³-hybridized carbons (Fsp3) is 0.389. The van der Waals surface area contributed by atoms with E-state index >= 15 is 0 Å². The summed E-state index contributed by atoms with van der Waals surface area (Å²) in [7, 11) is 0. The van der Waals surface area contributed by atoms with Crippen LogP contribution in [0.5, 0.6) is 0 Å². The predicted molar refractivity (Wildman–Crippen MR) is 86.5 cm³/mol. The van der Waals surface area contributed by atoms with Crippen molar-refractivity contribution in [3.05, 3.63) is 58.9 Å². The zero-order chi connectivity index (χ0) is 18.5. The van der Waals surface area contributed by atoms with Crippen LogP contribution in [-0.2, 0) is 22.6 Å². The minimum absolute atomic E-state index is 0.0121. The van der Waals surface area contributed by atoms with Gasteiger partial charge in [0.15, 0.2) is 0 Å². The van der Waals surface area contributed by atoms with Gasteiger partial charge in [0, 0.05) is 19.8 Å². The van der Waals surface area contributed by atoms with Crippen molar-refractivity contribution in [3.63, 3.8) is 0 Å². The van der Waals surface area contributed by atoms with E-state index in [0.717, 1.165) is 18.4 Å². The van der Waals surface area contributed by atoms with E-state index in [9.17, 15) is 17.6 Å². The summed E-state index contributed by atoms with van der Waals surface area (Å²) < 4.78 is 64.6. The molecule has 2 heterocycles. The van der Waals surface area contributed by atoms with Gasteiger partial charge in [0.05, 0.1) is 12.7 Å². The highest BCUT2D eigenvalue weighted by Gasteiger charge is 2.20. The minimum atomic E-state index is -1.69. The summed E-state index contributed by atoms with van der Waals surface area (Å²) in [5.41, 5.74) is 0.706. The van der Waals surface area contributed by atoms with E-state index in [2.05, 4.69) is 10.3 Å². The SMILES string of the molecule is Fc1nc(F)c(F)c(NCc2cccc(COC3CCOCC3)c2)c1F. The van der Waals surface area contributed by atoms with Crippen LogP contribution >= 0.6 is 0 Å². The van der Waals surface area contributed by atoms with E-state index in [1.54, 1.807) is 18.2 Å². The highest BCUT2D eigenvalue weighted by molar-refractivity contribution is 5.46. The fourth-order valence-electron chi connectivity index (χ4n) is 2.72. The lowest BCUT2D eigenvalue weighted by molar-refractivity contribution is -0.0390. The van der Waals surface area contributed by atoms with Crippen molar-refractivity contribution >= 4 is 5.69 Å². The van der Waals surface area contributed by atoms with Gasteiger partial charge in [-0.15, -0.1) is 0 Å². The van der Waals surface area contributed by atoms with E-state index in [1.807, 2.05) is 6.07 Å². The Morgan fingerprint density at radius 3 is 2.38 bits per heavy atom. The molecule has 0 unspecified atom stereocenters. The van der Waals surface area contributed by atoms with Crippen LogP contribution in [0.4, 0.5) is 23.2 Å². The number of benzene rings is 1. The Bertz CT molecular complexity index is 741. The summed E-state index contributed by atoms with van der Waals surface area (Å²) in [6.07, 6.45) is 1.84. The van der Waals surface area contributed by atoms with Gasteiger partial charge in [-0.05, 0) is 24.0 Å². The van der Waals surface area contributed by atoms with Gasteiger partial charge in [0.2, 0.25) is 11.6 Å². The zero-order valence-corrected chi connectivity index (χ0v) is 13.9. The van der Waals surface area contributed by atoms with Gasteiger partial charge in [-0.2, -0.15) is 22.5 Å². The lowest BCUT2D eigenvalue weighted by atomic mass is 10.1. The zero-order valence-electron chi connectivity index (χ0n) is 13.9. The molecule has 1 saturated heterocycles. The van der Waals surface area contributed by atoms with Crippen molar-refractivity contribution < 1.29 is 27.0 Å². The number of halogens is 4. The van der Waals surface area contributed by atoms with E-state index in [0.29, 0.717) is 25.4 Å². The number of nitrogens with zero attached hydrogens (tertiary/aromatic N) is 1. The first-order valence-electron chi connectivity index (χ1n) is 8.25. The van der Waals surface area contributed by atoms with Gasteiger partial charge in [-0.25, -0.2) is 0 Å². The molecule has 8 heteroatoms. The quantitative estimate of drug-likeness (QED) is 0.618. The van der Waals surface area contributed by atoms with Gasteiger partial charge in [0.25, 0.3) is 11.9 Å². The molecule has 1 aliphatic rings.